The fourth-order valence-corrected chi connectivity index (χ4v) is 1.54. The number of methoxy groups -OCH3 is 2. The molecule has 1 aliphatic rings. The lowest BCUT2D eigenvalue weighted by atomic mass is 10.3. The second-order valence-corrected chi connectivity index (χ2v) is 3.96. The first-order valence-electron chi connectivity index (χ1n) is 5.30. The quantitative estimate of drug-likeness (QED) is 0.711. The molecule has 0 amide bonds. The van der Waals surface area contributed by atoms with Crippen LogP contribution in [0.25, 0.3) is 0 Å². The zero-order chi connectivity index (χ0) is 11.5. The van der Waals surface area contributed by atoms with E-state index in [-0.39, 0.29) is 12.4 Å². The zero-order valence-corrected chi connectivity index (χ0v) is 9.49. The van der Waals surface area contributed by atoms with Crippen LogP contribution in [-0.4, -0.2) is 25.2 Å². The lowest BCUT2D eigenvalue weighted by molar-refractivity contribution is 0.0556. The average Bonchev–Trinajstić information content (AvgIpc) is 2.99. The molecule has 88 valence electrons. The minimum absolute atomic E-state index is 0.167. The Morgan fingerprint density at radius 1 is 1.50 bits per heavy atom. The van der Waals surface area contributed by atoms with Crippen molar-refractivity contribution in [1.29, 1.82) is 0 Å². The van der Waals surface area contributed by atoms with E-state index >= 15 is 0 Å². The Kier molecular flexibility index (Phi) is 3.24. The minimum Gasteiger partial charge on any atom is -0.463 e. The van der Waals surface area contributed by atoms with Crippen molar-refractivity contribution in [2.45, 2.75) is 25.9 Å². The number of carbonyl (C=O) groups excluding carboxylic acids is 1. The van der Waals surface area contributed by atoms with Gasteiger partial charge in [0.15, 0.2) is 5.89 Å². The third-order valence-electron chi connectivity index (χ3n) is 2.55. The molecular formula is C11H15NO4. The Bertz CT molecular complexity index is 381. The molecule has 0 atom stereocenters. The number of carbonyl (C=O) groups is 1. The fourth-order valence-electron chi connectivity index (χ4n) is 1.54. The van der Waals surface area contributed by atoms with Crippen molar-refractivity contribution in [3.8, 4) is 0 Å². The van der Waals surface area contributed by atoms with Crippen LogP contribution in [0.3, 0.4) is 0 Å². The van der Waals surface area contributed by atoms with Gasteiger partial charge in [-0.3, -0.25) is 0 Å². The van der Waals surface area contributed by atoms with Crippen LogP contribution in [-0.2, 0) is 22.5 Å². The van der Waals surface area contributed by atoms with Gasteiger partial charge in [-0.25, -0.2) is 9.78 Å². The predicted molar refractivity (Wildman–Crippen MR) is 55.0 cm³/mol. The number of oxazole rings is 1. The molecule has 1 fully saturated rings. The van der Waals surface area contributed by atoms with Crippen LogP contribution in [0.5, 0.6) is 0 Å². The summed E-state index contributed by atoms with van der Waals surface area (Å²) in [5.74, 6) is 0.941. The first-order chi connectivity index (χ1) is 7.74. The Morgan fingerprint density at radius 3 is 2.81 bits per heavy atom. The smallest absolute Gasteiger partial charge is 0.376 e. The van der Waals surface area contributed by atoms with Crippen molar-refractivity contribution >= 4 is 5.97 Å². The molecule has 0 bridgehead atoms. The van der Waals surface area contributed by atoms with Gasteiger partial charge < -0.3 is 13.9 Å². The Balaban J connectivity index is 2.17. The van der Waals surface area contributed by atoms with E-state index in [0.29, 0.717) is 17.5 Å². The third kappa shape index (κ3) is 2.41. The summed E-state index contributed by atoms with van der Waals surface area (Å²) >= 11 is 0. The maximum atomic E-state index is 11.4. The van der Waals surface area contributed by atoms with Crippen LogP contribution in [0.4, 0.5) is 0 Å². The number of esters is 1. The molecule has 0 saturated heterocycles. The van der Waals surface area contributed by atoms with E-state index in [1.54, 1.807) is 7.11 Å². The number of hydrogen-bond donors (Lipinski definition) is 0. The minimum atomic E-state index is -0.499. The topological polar surface area (TPSA) is 61.6 Å². The SMILES string of the molecule is COCc1nc(CC2CC2)oc1C(=O)OC. The molecule has 5 heteroatoms. The molecule has 0 radical (unpaired) electrons. The summed E-state index contributed by atoms with van der Waals surface area (Å²) in [5, 5.41) is 0. The van der Waals surface area contributed by atoms with Crippen LogP contribution in [0, 0.1) is 5.92 Å². The first-order valence-corrected chi connectivity index (χ1v) is 5.30. The van der Waals surface area contributed by atoms with E-state index in [4.69, 9.17) is 9.15 Å². The molecule has 1 aromatic rings. The molecular weight excluding hydrogens is 210 g/mol. The van der Waals surface area contributed by atoms with Crippen LogP contribution in [0.1, 0.15) is 35.0 Å². The van der Waals surface area contributed by atoms with Gasteiger partial charge in [-0.2, -0.15) is 0 Å². The third-order valence-corrected chi connectivity index (χ3v) is 2.55. The first kappa shape index (κ1) is 11.1. The van der Waals surface area contributed by atoms with Gasteiger partial charge in [0.1, 0.15) is 5.69 Å². The van der Waals surface area contributed by atoms with Crippen LogP contribution in [0.15, 0.2) is 4.42 Å². The summed E-state index contributed by atoms with van der Waals surface area (Å²) in [6, 6.07) is 0. The molecule has 1 aromatic heterocycles. The van der Waals surface area contributed by atoms with Crippen LogP contribution in [0.2, 0.25) is 0 Å². The lowest BCUT2D eigenvalue weighted by Crippen LogP contribution is -2.04. The largest absolute Gasteiger partial charge is 0.463 e. The van der Waals surface area contributed by atoms with Crippen molar-refractivity contribution in [3.63, 3.8) is 0 Å². The van der Waals surface area contributed by atoms with E-state index < -0.39 is 5.97 Å². The number of rotatable bonds is 5. The van der Waals surface area contributed by atoms with Gasteiger partial charge in [0.25, 0.3) is 0 Å². The zero-order valence-electron chi connectivity index (χ0n) is 9.49. The molecule has 16 heavy (non-hydrogen) atoms. The maximum Gasteiger partial charge on any atom is 0.376 e. The summed E-state index contributed by atoms with van der Waals surface area (Å²) < 4.78 is 15.0. The highest BCUT2D eigenvalue weighted by Crippen LogP contribution is 2.32. The standard InChI is InChI=1S/C11H15NO4/c1-14-6-8-10(11(13)15-2)16-9(12-8)5-7-3-4-7/h7H,3-6H2,1-2H3. The fraction of sp³-hybridized carbons (Fsp3) is 0.636. The predicted octanol–water partition coefficient (Wildman–Crippen LogP) is 1.56. The molecule has 1 heterocycles. The summed E-state index contributed by atoms with van der Waals surface area (Å²) in [6.07, 6.45) is 3.23. The number of ether oxygens (including phenoxy) is 2. The van der Waals surface area contributed by atoms with Gasteiger partial charge in [-0.1, -0.05) is 0 Å². The van der Waals surface area contributed by atoms with Crippen LogP contribution < -0.4 is 0 Å². The van der Waals surface area contributed by atoms with Crippen molar-refractivity contribution in [1.82, 2.24) is 4.98 Å². The van der Waals surface area contributed by atoms with E-state index in [1.165, 1.54) is 20.0 Å². The highest BCUT2D eigenvalue weighted by molar-refractivity contribution is 5.87. The van der Waals surface area contributed by atoms with Crippen molar-refractivity contribution in [3.05, 3.63) is 17.3 Å². The normalized spacial score (nSPS) is 15.1. The van der Waals surface area contributed by atoms with Crippen molar-refractivity contribution in [2.75, 3.05) is 14.2 Å². The summed E-state index contributed by atoms with van der Waals surface area (Å²) in [7, 11) is 2.87. The molecule has 0 spiro atoms. The molecule has 2 rings (SSSR count). The van der Waals surface area contributed by atoms with E-state index in [9.17, 15) is 4.79 Å². The summed E-state index contributed by atoms with van der Waals surface area (Å²) in [4.78, 5) is 15.7. The van der Waals surface area contributed by atoms with Gasteiger partial charge in [0.2, 0.25) is 5.76 Å². The maximum absolute atomic E-state index is 11.4. The van der Waals surface area contributed by atoms with Crippen LogP contribution >= 0.6 is 0 Å². The van der Waals surface area contributed by atoms with Crippen molar-refractivity contribution in [2.24, 2.45) is 5.92 Å². The Hall–Kier alpha value is -1.36. The lowest BCUT2D eigenvalue weighted by Gasteiger charge is -1.96. The second kappa shape index (κ2) is 4.65. The van der Waals surface area contributed by atoms with Gasteiger partial charge >= 0.3 is 5.97 Å². The second-order valence-electron chi connectivity index (χ2n) is 3.96. The average molecular weight is 225 g/mol. The molecule has 0 unspecified atom stereocenters. The van der Waals surface area contributed by atoms with E-state index in [1.807, 2.05) is 0 Å². The number of aromatic nitrogens is 1. The van der Waals surface area contributed by atoms with Gasteiger partial charge in [-0.05, 0) is 18.8 Å². The molecule has 0 N–H and O–H groups in total. The van der Waals surface area contributed by atoms with E-state index in [2.05, 4.69) is 9.72 Å². The van der Waals surface area contributed by atoms with Gasteiger partial charge in [0, 0.05) is 13.5 Å². The number of nitrogens with zero attached hydrogens (tertiary/aromatic N) is 1. The molecule has 0 aliphatic heterocycles. The van der Waals surface area contributed by atoms with E-state index in [0.717, 1.165) is 6.42 Å². The van der Waals surface area contributed by atoms with Crippen molar-refractivity contribution < 1.29 is 18.7 Å². The molecule has 5 nitrogen and oxygen atoms in total. The molecule has 1 saturated carbocycles. The highest BCUT2D eigenvalue weighted by atomic mass is 16.5. The highest BCUT2D eigenvalue weighted by Gasteiger charge is 2.27. The monoisotopic (exact) mass is 225 g/mol. The summed E-state index contributed by atoms with van der Waals surface area (Å²) in [6.45, 7) is 0.262. The Morgan fingerprint density at radius 2 is 2.25 bits per heavy atom. The summed E-state index contributed by atoms with van der Waals surface area (Å²) in [5.41, 5.74) is 0.519. The van der Waals surface area contributed by atoms with Gasteiger partial charge in [0.05, 0.1) is 13.7 Å². The van der Waals surface area contributed by atoms with Gasteiger partial charge in [-0.15, -0.1) is 0 Å². The Labute approximate surface area is 93.7 Å². The molecule has 0 aromatic carbocycles. The number of hydrogen-bond acceptors (Lipinski definition) is 5. The molecule has 1 aliphatic carbocycles.